The standard InChI is InChI=1S/C20H27N5O3/c1-23-10-14-8-13(9-15(11-23)24(14)2)21-20(27)19-16-6-4-5-7-17(16)25(22-19)12-18(26)28-3/h4-7,13-15H,8-12H2,1-3H3,(H,21,27)/t13-,14-,15+. The lowest BCUT2D eigenvalue weighted by atomic mass is 9.88. The number of carbonyl (C=O) groups is 2. The Morgan fingerprint density at radius 2 is 1.86 bits per heavy atom. The summed E-state index contributed by atoms with van der Waals surface area (Å²) < 4.78 is 6.28. The van der Waals surface area contributed by atoms with Gasteiger partial charge in [-0.2, -0.15) is 5.10 Å². The Bertz CT molecular complexity index is 879. The Hall–Kier alpha value is -2.45. The first-order valence-corrected chi connectivity index (χ1v) is 9.70. The van der Waals surface area contributed by atoms with E-state index in [1.54, 1.807) is 0 Å². The summed E-state index contributed by atoms with van der Waals surface area (Å²) in [4.78, 5) is 29.5. The van der Waals surface area contributed by atoms with Crippen molar-refractivity contribution in [3.05, 3.63) is 30.0 Å². The van der Waals surface area contributed by atoms with Gasteiger partial charge in [-0.3, -0.25) is 19.2 Å². The lowest BCUT2D eigenvalue weighted by molar-refractivity contribution is -0.141. The van der Waals surface area contributed by atoms with E-state index in [9.17, 15) is 9.59 Å². The second kappa shape index (κ2) is 7.52. The highest BCUT2D eigenvalue weighted by molar-refractivity contribution is 6.05. The summed E-state index contributed by atoms with van der Waals surface area (Å²) in [6.07, 6.45) is 1.87. The molecule has 2 aliphatic heterocycles. The van der Waals surface area contributed by atoms with Crippen LogP contribution in [0.4, 0.5) is 0 Å². The van der Waals surface area contributed by atoms with Gasteiger partial charge in [0.05, 0.1) is 12.6 Å². The van der Waals surface area contributed by atoms with Crippen molar-refractivity contribution in [2.75, 3.05) is 34.3 Å². The van der Waals surface area contributed by atoms with Gasteiger partial charge >= 0.3 is 5.97 Å². The second-order valence-corrected chi connectivity index (χ2v) is 7.94. The second-order valence-electron chi connectivity index (χ2n) is 7.94. The first kappa shape index (κ1) is 18.9. The quantitative estimate of drug-likeness (QED) is 0.781. The van der Waals surface area contributed by atoms with Crippen LogP contribution in [-0.2, 0) is 16.1 Å². The van der Waals surface area contributed by atoms with Crippen molar-refractivity contribution in [1.82, 2.24) is 24.9 Å². The molecule has 2 bridgehead atoms. The van der Waals surface area contributed by atoms with Crippen molar-refractivity contribution in [2.45, 2.75) is 37.5 Å². The summed E-state index contributed by atoms with van der Waals surface area (Å²) in [5, 5.41) is 8.37. The van der Waals surface area contributed by atoms with Gasteiger partial charge in [-0.25, -0.2) is 0 Å². The number of amides is 1. The molecule has 4 rings (SSSR count). The maximum Gasteiger partial charge on any atom is 0.327 e. The average molecular weight is 385 g/mol. The van der Waals surface area contributed by atoms with Gasteiger partial charge in [-0.15, -0.1) is 0 Å². The number of benzene rings is 1. The van der Waals surface area contributed by atoms with E-state index in [-0.39, 0.29) is 18.5 Å². The van der Waals surface area contributed by atoms with E-state index in [2.05, 4.69) is 34.3 Å². The van der Waals surface area contributed by atoms with Gasteiger partial charge in [-0.05, 0) is 33.0 Å². The number of rotatable bonds is 4. The fourth-order valence-electron chi connectivity index (χ4n) is 4.56. The maximum absolute atomic E-state index is 13.0. The molecule has 8 heteroatoms. The number of likely N-dealkylation sites (N-methyl/N-ethyl adjacent to an activating group) is 2. The van der Waals surface area contributed by atoms with Crippen molar-refractivity contribution in [1.29, 1.82) is 0 Å². The number of carbonyl (C=O) groups excluding carboxylic acids is 2. The van der Waals surface area contributed by atoms with E-state index in [0.717, 1.165) is 36.8 Å². The van der Waals surface area contributed by atoms with Gasteiger partial charge in [0, 0.05) is 36.6 Å². The number of piperidine rings is 1. The normalized spacial score (nSPS) is 25.6. The molecule has 1 aromatic heterocycles. The van der Waals surface area contributed by atoms with Crippen LogP contribution in [-0.4, -0.2) is 83.9 Å². The first-order valence-electron chi connectivity index (χ1n) is 9.70. The van der Waals surface area contributed by atoms with Crippen LogP contribution in [0.15, 0.2) is 24.3 Å². The van der Waals surface area contributed by atoms with Crippen LogP contribution in [0.2, 0.25) is 0 Å². The van der Waals surface area contributed by atoms with Gasteiger partial charge in [0.15, 0.2) is 5.69 Å². The molecule has 0 aliphatic carbocycles. The molecule has 3 atom stereocenters. The van der Waals surface area contributed by atoms with E-state index in [1.807, 2.05) is 24.3 Å². The molecule has 0 spiro atoms. The van der Waals surface area contributed by atoms with Gasteiger partial charge in [-0.1, -0.05) is 18.2 Å². The summed E-state index contributed by atoms with van der Waals surface area (Å²) in [6.45, 7) is 2.03. The predicted molar refractivity (Wildman–Crippen MR) is 105 cm³/mol. The lowest BCUT2D eigenvalue weighted by Crippen LogP contribution is -2.63. The van der Waals surface area contributed by atoms with Crippen LogP contribution in [0, 0.1) is 0 Å². The third kappa shape index (κ3) is 3.49. The van der Waals surface area contributed by atoms with E-state index >= 15 is 0 Å². The molecular weight excluding hydrogens is 358 g/mol. The largest absolute Gasteiger partial charge is 0.468 e. The molecule has 8 nitrogen and oxygen atoms in total. The van der Waals surface area contributed by atoms with Gasteiger partial charge in [0.1, 0.15) is 6.54 Å². The van der Waals surface area contributed by atoms with Crippen molar-refractivity contribution in [2.24, 2.45) is 0 Å². The Morgan fingerprint density at radius 1 is 1.18 bits per heavy atom. The molecule has 2 saturated heterocycles. The lowest BCUT2D eigenvalue weighted by Gasteiger charge is -2.50. The number of piperazine rings is 1. The molecule has 1 amide bonds. The van der Waals surface area contributed by atoms with Crippen LogP contribution in [0.1, 0.15) is 23.3 Å². The number of hydrogen-bond donors (Lipinski definition) is 1. The molecule has 0 radical (unpaired) electrons. The fourth-order valence-corrected chi connectivity index (χ4v) is 4.56. The number of methoxy groups -OCH3 is 1. The third-order valence-electron chi connectivity index (χ3n) is 6.02. The number of nitrogens with zero attached hydrogens (tertiary/aromatic N) is 4. The highest BCUT2D eigenvalue weighted by Crippen LogP contribution is 2.27. The Morgan fingerprint density at radius 3 is 2.54 bits per heavy atom. The van der Waals surface area contributed by atoms with E-state index in [4.69, 9.17) is 4.74 Å². The summed E-state index contributed by atoms with van der Waals surface area (Å²) in [6, 6.07) is 8.51. The van der Waals surface area contributed by atoms with Crippen LogP contribution < -0.4 is 5.32 Å². The Labute approximate surface area is 164 Å². The number of nitrogens with one attached hydrogen (secondary N) is 1. The number of hydrogen-bond acceptors (Lipinski definition) is 6. The molecule has 1 N–H and O–H groups in total. The molecule has 2 aliphatic rings. The van der Waals surface area contributed by atoms with Crippen LogP contribution in [0.5, 0.6) is 0 Å². The summed E-state index contributed by atoms with van der Waals surface area (Å²) in [7, 11) is 5.68. The average Bonchev–Trinajstić information content (AvgIpc) is 3.02. The van der Waals surface area contributed by atoms with Crippen molar-refractivity contribution >= 4 is 22.8 Å². The minimum absolute atomic E-state index is 0.0188. The van der Waals surface area contributed by atoms with Crippen molar-refractivity contribution < 1.29 is 14.3 Å². The molecule has 0 saturated carbocycles. The van der Waals surface area contributed by atoms with Crippen LogP contribution in [0.25, 0.3) is 10.9 Å². The minimum atomic E-state index is -0.396. The number of fused-ring (bicyclic) bond motifs is 3. The SMILES string of the molecule is COC(=O)Cn1nc(C(=O)N[C@@H]2C[C@@H]3CN(C)C[C@H](C2)N3C)c2ccccc21. The first-order chi connectivity index (χ1) is 13.5. The number of aromatic nitrogens is 2. The zero-order valence-electron chi connectivity index (χ0n) is 16.6. The molecule has 1 aromatic carbocycles. The number of para-hydroxylation sites is 1. The van der Waals surface area contributed by atoms with Gasteiger partial charge in [0.25, 0.3) is 5.91 Å². The number of ether oxygens (including phenoxy) is 1. The topological polar surface area (TPSA) is 79.7 Å². The highest BCUT2D eigenvalue weighted by Gasteiger charge is 2.38. The fraction of sp³-hybridized carbons (Fsp3) is 0.550. The van der Waals surface area contributed by atoms with Crippen LogP contribution in [0.3, 0.4) is 0 Å². The summed E-state index contributed by atoms with van der Waals surface area (Å²) >= 11 is 0. The molecular formula is C20H27N5O3. The minimum Gasteiger partial charge on any atom is -0.468 e. The maximum atomic E-state index is 13.0. The van der Waals surface area contributed by atoms with Gasteiger partial charge in [0.2, 0.25) is 0 Å². The molecule has 2 aromatic rings. The Kier molecular flexibility index (Phi) is 5.07. The van der Waals surface area contributed by atoms with E-state index in [1.165, 1.54) is 11.8 Å². The summed E-state index contributed by atoms with van der Waals surface area (Å²) in [5.41, 5.74) is 1.11. The van der Waals surface area contributed by atoms with E-state index < -0.39 is 5.97 Å². The highest BCUT2D eigenvalue weighted by atomic mass is 16.5. The smallest absolute Gasteiger partial charge is 0.327 e. The molecule has 2 fully saturated rings. The molecule has 28 heavy (non-hydrogen) atoms. The van der Waals surface area contributed by atoms with Crippen molar-refractivity contribution in [3.63, 3.8) is 0 Å². The van der Waals surface area contributed by atoms with Gasteiger partial charge < -0.3 is 15.0 Å². The van der Waals surface area contributed by atoms with Crippen molar-refractivity contribution in [3.8, 4) is 0 Å². The van der Waals surface area contributed by atoms with E-state index in [0.29, 0.717) is 17.8 Å². The molecule has 0 unspecified atom stereocenters. The zero-order chi connectivity index (χ0) is 19.8. The summed E-state index contributed by atoms with van der Waals surface area (Å²) in [5.74, 6) is -0.576. The monoisotopic (exact) mass is 385 g/mol. The van der Waals surface area contributed by atoms with Crippen LogP contribution >= 0.6 is 0 Å². The molecule has 3 heterocycles. The number of likely N-dealkylation sites (tertiary alicyclic amines) is 1. The molecule has 150 valence electrons. The third-order valence-corrected chi connectivity index (χ3v) is 6.02. The number of esters is 1. The Balaban J connectivity index is 1.54. The zero-order valence-corrected chi connectivity index (χ0v) is 16.6. The predicted octanol–water partition coefficient (Wildman–Crippen LogP) is 0.716.